The van der Waals surface area contributed by atoms with E-state index in [1.807, 2.05) is 23.6 Å². The van der Waals surface area contributed by atoms with Crippen LogP contribution in [0.3, 0.4) is 0 Å². The highest BCUT2D eigenvalue weighted by atomic mass is 32.1. The monoisotopic (exact) mass is 235 g/mol. The molecule has 74 valence electrons. The van der Waals surface area contributed by atoms with Gasteiger partial charge in [0.05, 0.1) is 10.6 Å². The topological polar surface area (TPSA) is 72.4 Å². The van der Waals surface area contributed by atoms with Crippen LogP contribution in [0.4, 0.5) is 0 Å². The molecular formula is C9H5N3OS2. The van der Waals surface area contributed by atoms with E-state index in [4.69, 9.17) is 17.5 Å². The fraction of sp³-hybridized carbons (Fsp3) is 0. The van der Waals surface area contributed by atoms with Crippen LogP contribution in [0.5, 0.6) is 0 Å². The first-order valence-electron chi connectivity index (χ1n) is 4.03. The van der Waals surface area contributed by atoms with Gasteiger partial charge in [-0.15, -0.1) is 11.3 Å². The first kappa shape index (κ1) is 9.83. The first-order chi connectivity index (χ1) is 7.22. The molecule has 6 heteroatoms. The van der Waals surface area contributed by atoms with E-state index in [-0.39, 0.29) is 10.3 Å². The lowest BCUT2D eigenvalue weighted by atomic mass is 10.2. The minimum Gasteiger partial charge on any atom is -0.330 e. The Hall–Kier alpha value is -1.71. The molecular weight excluding hydrogens is 230 g/mol. The zero-order chi connectivity index (χ0) is 10.8. The molecule has 2 rings (SSSR count). The number of nitrogens with zero attached hydrogens (tertiary/aromatic N) is 1. The number of thiophene rings is 1. The SMILES string of the molecule is N#Cc1c(-c2cccs2)[nH]c(=S)[nH]c1=O. The molecule has 15 heavy (non-hydrogen) atoms. The Morgan fingerprint density at radius 3 is 2.87 bits per heavy atom. The zero-order valence-corrected chi connectivity index (χ0v) is 9.04. The van der Waals surface area contributed by atoms with Crippen molar-refractivity contribution in [2.45, 2.75) is 0 Å². The van der Waals surface area contributed by atoms with E-state index in [1.54, 1.807) is 0 Å². The summed E-state index contributed by atoms with van der Waals surface area (Å²) < 4.78 is 0.224. The van der Waals surface area contributed by atoms with Crippen LogP contribution < -0.4 is 5.56 Å². The van der Waals surface area contributed by atoms with E-state index in [2.05, 4.69) is 9.97 Å². The van der Waals surface area contributed by atoms with Gasteiger partial charge in [-0.05, 0) is 23.7 Å². The normalized spacial score (nSPS) is 9.80. The third kappa shape index (κ3) is 1.75. The van der Waals surface area contributed by atoms with Crippen LogP contribution in [0.15, 0.2) is 22.3 Å². The summed E-state index contributed by atoms with van der Waals surface area (Å²) in [7, 11) is 0. The summed E-state index contributed by atoms with van der Waals surface area (Å²) in [6, 6.07) is 5.54. The molecule has 2 aromatic heterocycles. The van der Waals surface area contributed by atoms with Gasteiger partial charge in [0.2, 0.25) is 0 Å². The summed E-state index contributed by atoms with van der Waals surface area (Å²) >= 11 is 6.29. The molecule has 0 radical (unpaired) electrons. The first-order valence-corrected chi connectivity index (χ1v) is 5.31. The maximum Gasteiger partial charge on any atom is 0.270 e. The Morgan fingerprint density at radius 1 is 1.47 bits per heavy atom. The largest absolute Gasteiger partial charge is 0.330 e. The van der Waals surface area contributed by atoms with Gasteiger partial charge in [0, 0.05) is 0 Å². The minimum absolute atomic E-state index is 0.0612. The highest BCUT2D eigenvalue weighted by Gasteiger charge is 2.10. The summed E-state index contributed by atoms with van der Waals surface area (Å²) in [5.74, 6) is 0. The molecule has 4 nitrogen and oxygen atoms in total. The van der Waals surface area contributed by atoms with Crippen molar-refractivity contribution in [1.29, 1.82) is 5.26 Å². The second-order valence-corrected chi connectivity index (χ2v) is 4.10. The average molecular weight is 235 g/mol. The minimum atomic E-state index is -0.454. The van der Waals surface area contributed by atoms with Crippen LogP contribution in [0.1, 0.15) is 5.56 Å². The molecule has 0 saturated carbocycles. The lowest BCUT2D eigenvalue weighted by Gasteiger charge is -1.99. The third-order valence-electron chi connectivity index (χ3n) is 1.82. The number of nitrogens with one attached hydrogen (secondary N) is 2. The van der Waals surface area contributed by atoms with Gasteiger partial charge in [0.25, 0.3) is 5.56 Å². The van der Waals surface area contributed by atoms with Gasteiger partial charge in [-0.25, -0.2) is 0 Å². The molecule has 0 amide bonds. The van der Waals surface area contributed by atoms with Crippen molar-refractivity contribution in [3.05, 3.63) is 38.2 Å². The van der Waals surface area contributed by atoms with Crippen molar-refractivity contribution in [1.82, 2.24) is 9.97 Å². The predicted octanol–water partition coefficient (Wildman–Crippen LogP) is 2.03. The highest BCUT2D eigenvalue weighted by molar-refractivity contribution is 7.71. The molecule has 0 spiro atoms. The summed E-state index contributed by atoms with van der Waals surface area (Å²) in [4.78, 5) is 17.4. The van der Waals surface area contributed by atoms with Gasteiger partial charge in [-0.1, -0.05) is 6.07 Å². The van der Waals surface area contributed by atoms with Crippen LogP contribution in [0.2, 0.25) is 0 Å². The highest BCUT2D eigenvalue weighted by Crippen LogP contribution is 2.23. The molecule has 0 aliphatic heterocycles. The van der Waals surface area contributed by atoms with Crippen molar-refractivity contribution in [3.8, 4) is 16.6 Å². The summed E-state index contributed by atoms with van der Waals surface area (Å²) in [6.45, 7) is 0. The van der Waals surface area contributed by atoms with Gasteiger partial charge < -0.3 is 4.98 Å². The number of hydrogen-bond donors (Lipinski definition) is 2. The van der Waals surface area contributed by atoms with Gasteiger partial charge >= 0.3 is 0 Å². The number of nitriles is 1. The summed E-state index contributed by atoms with van der Waals surface area (Å²) in [5.41, 5.74) is 0.0944. The molecule has 0 atom stereocenters. The molecule has 2 aromatic rings. The predicted molar refractivity (Wildman–Crippen MR) is 60.3 cm³/mol. The van der Waals surface area contributed by atoms with Crippen LogP contribution in [-0.2, 0) is 0 Å². The Balaban J connectivity index is 2.83. The molecule has 2 N–H and O–H groups in total. The standard InChI is InChI=1S/C9H5N3OS2/c10-4-5-7(6-2-1-3-15-6)11-9(14)12-8(5)13/h1-3H,(H2,11,12,13,14). The average Bonchev–Trinajstić information content (AvgIpc) is 2.69. The summed E-state index contributed by atoms with van der Waals surface area (Å²) in [6.07, 6.45) is 0. The number of aromatic amines is 2. The van der Waals surface area contributed by atoms with E-state index >= 15 is 0 Å². The van der Waals surface area contributed by atoms with Crippen LogP contribution in [0, 0.1) is 16.1 Å². The maximum absolute atomic E-state index is 11.4. The number of hydrogen-bond acceptors (Lipinski definition) is 4. The van der Waals surface area contributed by atoms with E-state index < -0.39 is 5.56 Å². The maximum atomic E-state index is 11.4. The zero-order valence-electron chi connectivity index (χ0n) is 7.40. The van der Waals surface area contributed by atoms with E-state index in [9.17, 15) is 4.79 Å². The Labute approximate surface area is 93.8 Å². The number of aromatic nitrogens is 2. The Morgan fingerprint density at radius 2 is 2.27 bits per heavy atom. The van der Waals surface area contributed by atoms with E-state index in [0.29, 0.717) is 5.69 Å². The fourth-order valence-corrected chi connectivity index (χ4v) is 2.13. The molecule has 0 aliphatic carbocycles. The van der Waals surface area contributed by atoms with Gasteiger partial charge in [0.1, 0.15) is 11.6 Å². The fourth-order valence-electron chi connectivity index (χ4n) is 1.20. The third-order valence-corrected chi connectivity index (χ3v) is 2.91. The Kier molecular flexibility index (Phi) is 2.49. The van der Waals surface area contributed by atoms with E-state index in [0.717, 1.165) is 4.88 Å². The molecule has 2 heterocycles. The molecule has 0 unspecified atom stereocenters. The van der Waals surface area contributed by atoms with Crippen LogP contribution in [0.25, 0.3) is 10.6 Å². The van der Waals surface area contributed by atoms with Gasteiger partial charge in [0.15, 0.2) is 4.77 Å². The second kappa shape index (κ2) is 3.81. The van der Waals surface area contributed by atoms with Crippen LogP contribution in [-0.4, -0.2) is 9.97 Å². The van der Waals surface area contributed by atoms with Crippen LogP contribution >= 0.6 is 23.6 Å². The number of rotatable bonds is 1. The lowest BCUT2D eigenvalue weighted by molar-refractivity contribution is 1.08. The second-order valence-electron chi connectivity index (χ2n) is 2.75. The molecule has 0 aliphatic rings. The summed E-state index contributed by atoms with van der Waals surface area (Å²) in [5, 5.41) is 10.7. The Bertz CT molecular complexity index is 631. The van der Waals surface area contributed by atoms with Gasteiger partial charge in [-0.2, -0.15) is 5.26 Å². The van der Waals surface area contributed by atoms with Crippen molar-refractivity contribution in [2.24, 2.45) is 0 Å². The molecule has 0 bridgehead atoms. The van der Waals surface area contributed by atoms with Crippen molar-refractivity contribution in [2.75, 3.05) is 0 Å². The van der Waals surface area contributed by atoms with Crippen molar-refractivity contribution >= 4 is 23.6 Å². The smallest absolute Gasteiger partial charge is 0.270 e. The van der Waals surface area contributed by atoms with Crippen molar-refractivity contribution in [3.63, 3.8) is 0 Å². The lowest BCUT2D eigenvalue weighted by Crippen LogP contribution is -2.13. The molecule has 0 fully saturated rings. The van der Waals surface area contributed by atoms with Crippen molar-refractivity contribution < 1.29 is 0 Å². The van der Waals surface area contributed by atoms with E-state index in [1.165, 1.54) is 11.3 Å². The quantitative estimate of drug-likeness (QED) is 0.743. The number of H-pyrrole nitrogens is 2. The molecule has 0 aromatic carbocycles. The molecule has 0 saturated heterocycles. The van der Waals surface area contributed by atoms with Gasteiger partial charge in [-0.3, -0.25) is 9.78 Å².